The summed E-state index contributed by atoms with van der Waals surface area (Å²) in [6.45, 7) is 2.72. The van der Waals surface area contributed by atoms with Crippen LogP contribution in [0.15, 0.2) is 0 Å². The van der Waals surface area contributed by atoms with Gasteiger partial charge in [-0.05, 0) is 6.42 Å². The van der Waals surface area contributed by atoms with Crippen molar-refractivity contribution in [1.82, 2.24) is 10.6 Å². The number of carbonyl (C=O) groups excluding carboxylic acids is 1. The summed E-state index contributed by atoms with van der Waals surface area (Å²) in [5, 5.41) is 12.9. The van der Waals surface area contributed by atoms with Crippen molar-refractivity contribution in [3.8, 4) is 6.19 Å². The normalized spacial score (nSPS) is 8.00. The third-order valence-electron chi connectivity index (χ3n) is 0.900. The Balaban J connectivity index is 3.19. The van der Waals surface area contributed by atoms with E-state index in [0.29, 0.717) is 6.54 Å². The molecule has 0 aromatic rings. The zero-order valence-electron chi connectivity index (χ0n) is 5.98. The number of nitriles is 1. The van der Waals surface area contributed by atoms with Gasteiger partial charge in [0.2, 0.25) is 5.91 Å². The third-order valence-corrected chi connectivity index (χ3v) is 0.900. The lowest BCUT2D eigenvalue weighted by Crippen LogP contribution is -2.32. The van der Waals surface area contributed by atoms with Crippen molar-refractivity contribution < 1.29 is 4.79 Å². The van der Waals surface area contributed by atoms with Gasteiger partial charge in [-0.3, -0.25) is 4.79 Å². The van der Waals surface area contributed by atoms with E-state index >= 15 is 0 Å². The van der Waals surface area contributed by atoms with E-state index in [9.17, 15) is 4.79 Å². The number of hydrogen-bond acceptors (Lipinski definition) is 3. The van der Waals surface area contributed by atoms with Gasteiger partial charge >= 0.3 is 0 Å². The standard InChI is InChI=1S/C6H11N3O/c1-2-3-9-6(10)4-8-5-7/h8H,2-4H2,1H3,(H,9,10). The highest BCUT2D eigenvalue weighted by atomic mass is 16.1. The van der Waals surface area contributed by atoms with Crippen LogP contribution in [0.1, 0.15) is 13.3 Å². The largest absolute Gasteiger partial charge is 0.355 e. The number of carbonyl (C=O) groups is 1. The van der Waals surface area contributed by atoms with Crippen LogP contribution in [0, 0.1) is 11.5 Å². The Morgan fingerprint density at radius 2 is 2.40 bits per heavy atom. The zero-order chi connectivity index (χ0) is 7.82. The summed E-state index contributed by atoms with van der Waals surface area (Å²) < 4.78 is 0. The summed E-state index contributed by atoms with van der Waals surface area (Å²) in [4.78, 5) is 10.6. The van der Waals surface area contributed by atoms with Crippen LogP contribution in [-0.4, -0.2) is 19.0 Å². The zero-order valence-corrected chi connectivity index (χ0v) is 5.98. The highest BCUT2D eigenvalue weighted by molar-refractivity contribution is 5.78. The predicted molar refractivity (Wildman–Crippen MR) is 36.9 cm³/mol. The number of hydrogen-bond donors (Lipinski definition) is 2. The molecule has 0 aromatic carbocycles. The Kier molecular flexibility index (Phi) is 5.16. The molecule has 56 valence electrons. The Morgan fingerprint density at radius 3 is 2.90 bits per heavy atom. The lowest BCUT2D eigenvalue weighted by molar-refractivity contribution is -0.120. The average Bonchev–Trinajstić information content (AvgIpc) is 1.97. The van der Waals surface area contributed by atoms with Crippen LogP contribution >= 0.6 is 0 Å². The first-order chi connectivity index (χ1) is 4.81. The van der Waals surface area contributed by atoms with E-state index in [1.54, 1.807) is 6.19 Å². The van der Waals surface area contributed by atoms with Gasteiger partial charge in [-0.2, -0.15) is 5.26 Å². The fourth-order valence-electron chi connectivity index (χ4n) is 0.447. The van der Waals surface area contributed by atoms with Gasteiger partial charge in [0.25, 0.3) is 0 Å². The van der Waals surface area contributed by atoms with Crippen molar-refractivity contribution >= 4 is 5.91 Å². The number of nitrogens with one attached hydrogen (secondary N) is 2. The van der Waals surface area contributed by atoms with E-state index in [0.717, 1.165) is 6.42 Å². The summed E-state index contributed by atoms with van der Waals surface area (Å²) in [5.41, 5.74) is 0. The van der Waals surface area contributed by atoms with E-state index in [4.69, 9.17) is 5.26 Å². The monoisotopic (exact) mass is 141 g/mol. The van der Waals surface area contributed by atoms with Crippen LogP contribution in [0.4, 0.5) is 0 Å². The molecule has 0 unspecified atom stereocenters. The van der Waals surface area contributed by atoms with Gasteiger partial charge in [-0.1, -0.05) is 6.92 Å². The van der Waals surface area contributed by atoms with Gasteiger partial charge in [-0.15, -0.1) is 0 Å². The van der Waals surface area contributed by atoms with E-state index in [-0.39, 0.29) is 12.5 Å². The second kappa shape index (κ2) is 5.89. The number of nitrogens with zero attached hydrogens (tertiary/aromatic N) is 1. The lowest BCUT2D eigenvalue weighted by Gasteiger charge is -1.99. The maximum Gasteiger partial charge on any atom is 0.240 e. The minimum Gasteiger partial charge on any atom is -0.355 e. The maximum absolute atomic E-state index is 10.6. The first-order valence-electron chi connectivity index (χ1n) is 3.20. The molecule has 0 atom stereocenters. The Bertz CT molecular complexity index is 138. The molecule has 0 saturated carbocycles. The fraction of sp³-hybridized carbons (Fsp3) is 0.667. The number of rotatable bonds is 4. The average molecular weight is 141 g/mol. The molecule has 0 rings (SSSR count). The molecular weight excluding hydrogens is 130 g/mol. The lowest BCUT2D eigenvalue weighted by atomic mass is 10.4. The van der Waals surface area contributed by atoms with Gasteiger partial charge in [0.05, 0.1) is 0 Å². The van der Waals surface area contributed by atoms with Crippen molar-refractivity contribution in [2.75, 3.05) is 13.1 Å². The van der Waals surface area contributed by atoms with Crippen molar-refractivity contribution in [3.63, 3.8) is 0 Å². The summed E-state index contributed by atoms with van der Waals surface area (Å²) in [6, 6.07) is 0. The molecule has 0 aromatic heterocycles. The first-order valence-corrected chi connectivity index (χ1v) is 3.20. The molecule has 0 saturated heterocycles. The van der Waals surface area contributed by atoms with Gasteiger partial charge < -0.3 is 10.6 Å². The molecule has 0 aliphatic heterocycles. The Hall–Kier alpha value is -1.24. The quantitative estimate of drug-likeness (QED) is 0.413. The van der Waals surface area contributed by atoms with E-state index in [1.165, 1.54) is 0 Å². The summed E-state index contributed by atoms with van der Waals surface area (Å²) >= 11 is 0. The summed E-state index contributed by atoms with van der Waals surface area (Å²) in [5.74, 6) is -0.136. The molecule has 0 fully saturated rings. The van der Waals surface area contributed by atoms with Gasteiger partial charge in [0, 0.05) is 6.54 Å². The number of amides is 1. The van der Waals surface area contributed by atoms with E-state index in [1.807, 2.05) is 6.92 Å². The van der Waals surface area contributed by atoms with Crippen molar-refractivity contribution in [2.24, 2.45) is 0 Å². The SMILES string of the molecule is CCCNC(=O)CNC#N. The molecule has 0 spiro atoms. The van der Waals surface area contributed by atoms with Gasteiger partial charge in [0.15, 0.2) is 6.19 Å². The second-order valence-corrected chi connectivity index (χ2v) is 1.82. The molecule has 1 amide bonds. The van der Waals surface area contributed by atoms with Crippen molar-refractivity contribution in [1.29, 1.82) is 5.26 Å². The van der Waals surface area contributed by atoms with Crippen molar-refractivity contribution in [3.05, 3.63) is 0 Å². The molecule has 0 bridgehead atoms. The minimum atomic E-state index is -0.136. The van der Waals surface area contributed by atoms with Gasteiger partial charge in [-0.25, -0.2) is 0 Å². The van der Waals surface area contributed by atoms with E-state index in [2.05, 4.69) is 10.6 Å². The third kappa shape index (κ3) is 4.91. The van der Waals surface area contributed by atoms with Crippen LogP contribution in [0.25, 0.3) is 0 Å². The highest BCUT2D eigenvalue weighted by Crippen LogP contribution is 1.69. The molecule has 2 N–H and O–H groups in total. The first kappa shape index (κ1) is 8.76. The van der Waals surface area contributed by atoms with Crippen LogP contribution < -0.4 is 10.6 Å². The predicted octanol–water partition coefficient (Wildman–Crippen LogP) is -0.417. The maximum atomic E-state index is 10.6. The van der Waals surface area contributed by atoms with Crippen LogP contribution in [-0.2, 0) is 4.79 Å². The second-order valence-electron chi connectivity index (χ2n) is 1.82. The van der Waals surface area contributed by atoms with Crippen molar-refractivity contribution in [2.45, 2.75) is 13.3 Å². The molecular formula is C6H11N3O. The van der Waals surface area contributed by atoms with Crippen LogP contribution in [0.3, 0.4) is 0 Å². The summed E-state index contributed by atoms with van der Waals surface area (Å²) in [7, 11) is 0. The molecule has 4 heteroatoms. The minimum absolute atomic E-state index is 0.0799. The highest BCUT2D eigenvalue weighted by Gasteiger charge is 1.95. The molecule has 4 nitrogen and oxygen atoms in total. The smallest absolute Gasteiger partial charge is 0.240 e. The molecule has 0 aliphatic carbocycles. The molecule has 10 heavy (non-hydrogen) atoms. The Labute approximate surface area is 60.2 Å². The molecule has 0 heterocycles. The van der Waals surface area contributed by atoms with Crippen LogP contribution in [0.2, 0.25) is 0 Å². The topological polar surface area (TPSA) is 64.9 Å². The Morgan fingerprint density at radius 1 is 1.70 bits per heavy atom. The molecule has 0 aliphatic rings. The van der Waals surface area contributed by atoms with Gasteiger partial charge in [0.1, 0.15) is 6.54 Å². The fourth-order valence-corrected chi connectivity index (χ4v) is 0.447. The summed E-state index contributed by atoms with van der Waals surface area (Å²) in [6.07, 6.45) is 2.58. The molecule has 0 radical (unpaired) electrons. The van der Waals surface area contributed by atoms with Crippen LogP contribution in [0.5, 0.6) is 0 Å². The van der Waals surface area contributed by atoms with E-state index < -0.39 is 0 Å².